The Bertz CT molecular complexity index is 150. The lowest BCUT2D eigenvalue weighted by Crippen LogP contribution is -2.05. The number of hydrogen-bond donors (Lipinski definition) is 1. The molecule has 0 amide bonds. The van der Waals surface area contributed by atoms with Crippen molar-refractivity contribution in [1.82, 2.24) is 0 Å². The summed E-state index contributed by atoms with van der Waals surface area (Å²) in [6.07, 6.45) is 5.99. The molecule has 0 spiro atoms. The average molecular weight is 170 g/mol. The zero-order chi connectivity index (χ0) is 9.40. The molecule has 0 rings (SSSR count). The van der Waals surface area contributed by atoms with Crippen molar-refractivity contribution < 1.29 is 9.84 Å². The van der Waals surface area contributed by atoms with E-state index >= 15 is 0 Å². The second kappa shape index (κ2) is 7.07. The Kier molecular flexibility index (Phi) is 6.72. The van der Waals surface area contributed by atoms with Crippen molar-refractivity contribution >= 4 is 0 Å². The third kappa shape index (κ3) is 5.10. The van der Waals surface area contributed by atoms with E-state index in [2.05, 4.69) is 13.5 Å². The fourth-order valence-electron chi connectivity index (χ4n) is 0.873. The summed E-state index contributed by atoms with van der Waals surface area (Å²) in [5.74, 6) is 0. The standard InChI is InChI=1S/C10H18O2/c1-4-5-10(12-3)7-6-9(2)8-11/h6-7,10-11H,2,4-5,8H2,1,3H3. The van der Waals surface area contributed by atoms with Crippen LogP contribution in [0.2, 0.25) is 0 Å². The number of aliphatic hydroxyl groups excluding tert-OH is 1. The molecule has 12 heavy (non-hydrogen) atoms. The van der Waals surface area contributed by atoms with Gasteiger partial charge in [0, 0.05) is 7.11 Å². The molecule has 1 N–H and O–H groups in total. The molecule has 0 bridgehead atoms. The number of ether oxygens (including phenoxy) is 1. The van der Waals surface area contributed by atoms with Gasteiger partial charge in [-0.2, -0.15) is 0 Å². The molecule has 0 aliphatic heterocycles. The van der Waals surface area contributed by atoms with Gasteiger partial charge in [0.05, 0.1) is 12.7 Å². The van der Waals surface area contributed by atoms with Gasteiger partial charge in [-0.05, 0) is 12.0 Å². The monoisotopic (exact) mass is 170 g/mol. The Hall–Kier alpha value is -0.600. The molecule has 0 fully saturated rings. The lowest BCUT2D eigenvalue weighted by Gasteiger charge is -2.08. The molecule has 0 aromatic rings. The van der Waals surface area contributed by atoms with Crippen LogP contribution in [0.3, 0.4) is 0 Å². The maximum Gasteiger partial charge on any atom is 0.0755 e. The van der Waals surface area contributed by atoms with E-state index in [9.17, 15) is 0 Å². The van der Waals surface area contributed by atoms with Crippen LogP contribution in [0.4, 0.5) is 0 Å². The van der Waals surface area contributed by atoms with Crippen LogP contribution in [0.25, 0.3) is 0 Å². The van der Waals surface area contributed by atoms with E-state index in [1.807, 2.05) is 12.2 Å². The summed E-state index contributed by atoms with van der Waals surface area (Å²) in [6, 6.07) is 0. The predicted octanol–water partition coefficient (Wildman–Crippen LogP) is 1.91. The van der Waals surface area contributed by atoms with E-state index in [1.165, 1.54) is 0 Å². The van der Waals surface area contributed by atoms with Gasteiger partial charge < -0.3 is 9.84 Å². The van der Waals surface area contributed by atoms with E-state index < -0.39 is 0 Å². The van der Waals surface area contributed by atoms with Crippen LogP contribution in [0.1, 0.15) is 19.8 Å². The predicted molar refractivity (Wildman–Crippen MR) is 51.1 cm³/mol. The fourth-order valence-corrected chi connectivity index (χ4v) is 0.873. The second-order valence-corrected chi connectivity index (χ2v) is 2.74. The lowest BCUT2D eigenvalue weighted by molar-refractivity contribution is 0.133. The van der Waals surface area contributed by atoms with Gasteiger partial charge in [-0.25, -0.2) is 0 Å². The van der Waals surface area contributed by atoms with Gasteiger partial charge in [-0.3, -0.25) is 0 Å². The van der Waals surface area contributed by atoms with Crippen LogP contribution in [0, 0.1) is 0 Å². The van der Waals surface area contributed by atoms with Crippen molar-refractivity contribution in [2.24, 2.45) is 0 Å². The molecule has 0 saturated carbocycles. The molecule has 0 aliphatic carbocycles. The van der Waals surface area contributed by atoms with Crippen LogP contribution in [0.5, 0.6) is 0 Å². The lowest BCUT2D eigenvalue weighted by atomic mass is 10.1. The quantitative estimate of drug-likeness (QED) is 0.617. The average Bonchev–Trinajstić information content (AvgIpc) is 2.11. The molecule has 1 atom stereocenters. The zero-order valence-electron chi connectivity index (χ0n) is 7.92. The molecule has 0 heterocycles. The highest BCUT2D eigenvalue weighted by molar-refractivity contribution is 5.15. The van der Waals surface area contributed by atoms with Gasteiger partial charge in [0.15, 0.2) is 0 Å². The Morgan fingerprint density at radius 1 is 1.67 bits per heavy atom. The number of methoxy groups -OCH3 is 1. The van der Waals surface area contributed by atoms with Crippen LogP contribution in [0.15, 0.2) is 24.3 Å². The molecular weight excluding hydrogens is 152 g/mol. The Balaban J connectivity index is 3.83. The highest BCUT2D eigenvalue weighted by atomic mass is 16.5. The normalized spacial score (nSPS) is 13.6. The molecule has 2 heteroatoms. The highest BCUT2D eigenvalue weighted by Crippen LogP contribution is 2.03. The molecule has 0 aromatic heterocycles. The third-order valence-electron chi connectivity index (χ3n) is 1.63. The molecule has 0 aliphatic rings. The summed E-state index contributed by atoms with van der Waals surface area (Å²) in [5.41, 5.74) is 0.716. The molecule has 1 unspecified atom stereocenters. The molecule has 0 saturated heterocycles. The molecule has 0 aromatic carbocycles. The smallest absolute Gasteiger partial charge is 0.0755 e. The first kappa shape index (κ1) is 11.4. The van der Waals surface area contributed by atoms with Crippen molar-refractivity contribution in [3.8, 4) is 0 Å². The molecule has 70 valence electrons. The zero-order valence-corrected chi connectivity index (χ0v) is 7.92. The molecule has 0 radical (unpaired) electrons. The van der Waals surface area contributed by atoms with E-state index in [0.29, 0.717) is 5.57 Å². The van der Waals surface area contributed by atoms with Crippen LogP contribution < -0.4 is 0 Å². The number of rotatable bonds is 6. The molecule has 2 nitrogen and oxygen atoms in total. The largest absolute Gasteiger partial charge is 0.392 e. The van der Waals surface area contributed by atoms with Crippen molar-refractivity contribution in [2.75, 3.05) is 13.7 Å². The van der Waals surface area contributed by atoms with Gasteiger partial charge in [-0.15, -0.1) is 0 Å². The first-order chi connectivity index (χ1) is 5.74. The summed E-state index contributed by atoms with van der Waals surface area (Å²) in [5, 5.41) is 8.66. The van der Waals surface area contributed by atoms with Gasteiger partial charge in [0.25, 0.3) is 0 Å². The van der Waals surface area contributed by atoms with Gasteiger partial charge in [0.1, 0.15) is 0 Å². The maximum absolute atomic E-state index is 8.66. The number of hydrogen-bond acceptors (Lipinski definition) is 2. The fraction of sp³-hybridized carbons (Fsp3) is 0.600. The Morgan fingerprint density at radius 3 is 2.75 bits per heavy atom. The minimum absolute atomic E-state index is 0.0130. The van der Waals surface area contributed by atoms with Crippen LogP contribution >= 0.6 is 0 Å². The first-order valence-corrected chi connectivity index (χ1v) is 4.24. The Morgan fingerprint density at radius 2 is 2.33 bits per heavy atom. The minimum Gasteiger partial charge on any atom is -0.392 e. The highest BCUT2D eigenvalue weighted by Gasteiger charge is 1.99. The third-order valence-corrected chi connectivity index (χ3v) is 1.63. The van der Waals surface area contributed by atoms with Gasteiger partial charge in [-0.1, -0.05) is 32.1 Å². The van der Waals surface area contributed by atoms with Crippen LogP contribution in [-0.2, 0) is 4.74 Å². The van der Waals surface area contributed by atoms with Crippen molar-refractivity contribution in [3.63, 3.8) is 0 Å². The van der Waals surface area contributed by atoms with Crippen molar-refractivity contribution in [2.45, 2.75) is 25.9 Å². The number of aliphatic hydroxyl groups is 1. The van der Waals surface area contributed by atoms with E-state index in [0.717, 1.165) is 12.8 Å². The SMILES string of the molecule is C=C(C=CC(CCC)OC)CO. The van der Waals surface area contributed by atoms with E-state index in [-0.39, 0.29) is 12.7 Å². The van der Waals surface area contributed by atoms with Gasteiger partial charge >= 0.3 is 0 Å². The maximum atomic E-state index is 8.66. The summed E-state index contributed by atoms with van der Waals surface area (Å²) >= 11 is 0. The van der Waals surface area contributed by atoms with Crippen molar-refractivity contribution in [1.29, 1.82) is 0 Å². The second-order valence-electron chi connectivity index (χ2n) is 2.74. The van der Waals surface area contributed by atoms with E-state index in [4.69, 9.17) is 9.84 Å². The summed E-state index contributed by atoms with van der Waals surface area (Å²) in [4.78, 5) is 0. The summed E-state index contributed by atoms with van der Waals surface area (Å²) in [6.45, 7) is 5.77. The minimum atomic E-state index is 0.0130. The Labute approximate surface area is 74.6 Å². The van der Waals surface area contributed by atoms with E-state index in [1.54, 1.807) is 7.11 Å². The summed E-state index contributed by atoms with van der Waals surface area (Å²) < 4.78 is 5.18. The first-order valence-electron chi connectivity index (χ1n) is 4.24. The topological polar surface area (TPSA) is 29.5 Å². The van der Waals surface area contributed by atoms with Crippen molar-refractivity contribution in [3.05, 3.63) is 24.3 Å². The van der Waals surface area contributed by atoms with Gasteiger partial charge in [0.2, 0.25) is 0 Å². The summed E-state index contributed by atoms with van der Waals surface area (Å²) in [7, 11) is 1.69. The van der Waals surface area contributed by atoms with Crippen LogP contribution in [-0.4, -0.2) is 24.9 Å². The molecular formula is C10H18O2.